The predicted octanol–water partition coefficient (Wildman–Crippen LogP) is 2.61. The third kappa shape index (κ3) is 2.97. The van der Waals surface area contributed by atoms with Crippen LogP contribution in [-0.2, 0) is 7.05 Å². The molecule has 100 valence electrons. The van der Waals surface area contributed by atoms with Gasteiger partial charge in [0, 0.05) is 17.8 Å². The molecule has 2 aromatic rings. The molecule has 1 aromatic carbocycles. The normalized spacial score (nSPS) is 10.3. The summed E-state index contributed by atoms with van der Waals surface area (Å²) in [6.07, 6.45) is 0. The van der Waals surface area contributed by atoms with Crippen molar-refractivity contribution in [1.29, 1.82) is 0 Å². The number of amides is 2. The van der Waals surface area contributed by atoms with Gasteiger partial charge in [-0.2, -0.15) is 5.10 Å². The lowest BCUT2D eigenvalue weighted by Gasteiger charge is -2.08. The van der Waals surface area contributed by atoms with Gasteiger partial charge in [-0.05, 0) is 31.2 Å². The number of hydrogen-bond acceptors (Lipinski definition) is 3. The number of aryl methyl sites for hydroxylation is 2. The Labute approximate surface area is 115 Å². The van der Waals surface area contributed by atoms with Gasteiger partial charge in [0.2, 0.25) is 0 Å². The molecular weight excluding hydrogens is 266 g/mol. The van der Waals surface area contributed by atoms with Crippen molar-refractivity contribution in [2.75, 3.05) is 16.4 Å². The van der Waals surface area contributed by atoms with E-state index in [1.165, 1.54) is 4.68 Å². The Kier molecular flexibility index (Phi) is 3.62. The molecule has 0 bridgehead atoms. The van der Waals surface area contributed by atoms with Crippen molar-refractivity contribution in [2.24, 2.45) is 7.05 Å². The summed E-state index contributed by atoms with van der Waals surface area (Å²) in [6, 6.07) is 6.41. The number of nitrogens with two attached hydrogens (primary N) is 1. The summed E-state index contributed by atoms with van der Waals surface area (Å²) < 4.78 is 1.52. The highest BCUT2D eigenvalue weighted by molar-refractivity contribution is 6.30. The molecule has 0 atom stereocenters. The molecule has 0 aliphatic rings. The van der Waals surface area contributed by atoms with Crippen molar-refractivity contribution in [3.05, 3.63) is 35.0 Å². The third-order valence-corrected chi connectivity index (χ3v) is 2.85. The Morgan fingerprint density at radius 2 is 1.95 bits per heavy atom. The second kappa shape index (κ2) is 5.19. The summed E-state index contributed by atoms with van der Waals surface area (Å²) >= 11 is 5.77. The number of carbonyl (C=O) groups is 1. The molecule has 2 rings (SSSR count). The van der Waals surface area contributed by atoms with E-state index in [0.29, 0.717) is 27.9 Å². The number of nitrogen functional groups attached to an aromatic ring is 1. The highest BCUT2D eigenvalue weighted by atomic mass is 35.5. The lowest BCUT2D eigenvalue weighted by atomic mass is 10.3. The van der Waals surface area contributed by atoms with Crippen molar-refractivity contribution < 1.29 is 4.79 Å². The third-order valence-electron chi connectivity index (χ3n) is 2.60. The minimum absolute atomic E-state index is 0.392. The fourth-order valence-electron chi connectivity index (χ4n) is 1.63. The molecule has 0 saturated carbocycles. The number of anilines is 3. The van der Waals surface area contributed by atoms with E-state index in [-0.39, 0.29) is 0 Å². The number of carbonyl (C=O) groups excluding carboxylic acids is 1. The number of rotatable bonds is 2. The molecule has 2 amide bonds. The number of halogens is 1. The first-order chi connectivity index (χ1) is 8.97. The molecule has 1 heterocycles. The Balaban J connectivity index is 2.07. The molecule has 6 nitrogen and oxygen atoms in total. The molecule has 0 aliphatic carbocycles. The van der Waals surface area contributed by atoms with Gasteiger partial charge < -0.3 is 11.1 Å². The summed E-state index contributed by atoms with van der Waals surface area (Å²) in [5.41, 5.74) is 7.58. The second-order valence-corrected chi connectivity index (χ2v) is 4.49. The summed E-state index contributed by atoms with van der Waals surface area (Å²) in [5, 5.41) is 10.1. The van der Waals surface area contributed by atoms with Gasteiger partial charge in [0.25, 0.3) is 0 Å². The molecule has 0 saturated heterocycles. The summed E-state index contributed by atoms with van der Waals surface area (Å²) in [7, 11) is 1.71. The standard InChI is InChI=1S/C12H14ClN5O/c1-7-10(14)11(18(2)17-7)16-12(19)15-9-5-3-8(13)4-6-9/h3-6H,14H2,1-2H3,(H2,15,16,19). The highest BCUT2D eigenvalue weighted by Crippen LogP contribution is 2.21. The van der Waals surface area contributed by atoms with Crippen LogP contribution in [0, 0.1) is 6.92 Å². The molecule has 0 aliphatic heterocycles. The van der Waals surface area contributed by atoms with Crippen LogP contribution in [-0.4, -0.2) is 15.8 Å². The zero-order valence-electron chi connectivity index (χ0n) is 10.6. The van der Waals surface area contributed by atoms with Crippen LogP contribution < -0.4 is 16.4 Å². The first-order valence-corrected chi connectivity index (χ1v) is 5.98. The average Bonchev–Trinajstić information content (AvgIpc) is 2.59. The molecule has 1 aromatic heterocycles. The van der Waals surface area contributed by atoms with Crippen LogP contribution in [0.1, 0.15) is 5.69 Å². The molecule has 19 heavy (non-hydrogen) atoms. The first-order valence-electron chi connectivity index (χ1n) is 5.60. The predicted molar refractivity (Wildman–Crippen MR) is 76.5 cm³/mol. The maximum absolute atomic E-state index is 11.8. The number of hydrogen-bond donors (Lipinski definition) is 3. The van der Waals surface area contributed by atoms with E-state index in [4.69, 9.17) is 17.3 Å². The van der Waals surface area contributed by atoms with Gasteiger partial charge in [0.15, 0.2) is 5.82 Å². The topological polar surface area (TPSA) is 85.0 Å². The SMILES string of the molecule is Cc1nn(C)c(NC(=O)Nc2ccc(Cl)cc2)c1N. The van der Waals surface area contributed by atoms with Gasteiger partial charge in [-0.1, -0.05) is 11.6 Å². The lowest BCUT2D eigenvalue weighted by Crippen LogP contribution is -2.21. The number of aromatic nitrogens is 2. The molecule has 0 unspecified atom stereocenters. The second-order valence-electron chi connectivity index (χ2n) is 4.06. The van der Waals surface area contributed by atoms with Gasteiger partial charge >= 0.3 is 6.03 Å². The van der Waals surface area contributed by atoms with Crippen molar-refractivity contribution in [3.63, 3.8) is 0 Å². The molecule has 0 fully saturated rings. The fourth-order valence-corrected chi connectivity index (χ4v) is 1.75. The summed E-state index contributed by atoms with van der Waals surface area (Å²) in [6.45, 7) is 1.78. The zero-order chi connectivity index (χ0) is 14.0. The van der Waals surface area contributed by atoms with Gasteiger partial charge in [-0.25, -0.2) is 4.79 Å². The summed E-state index contributed by atoms with van der Waals surface area (Å²) in [5.74, 6) is 0.462. The Morgan fingerprint density at radius 1 is 1.32 bits per heavy atom. The monoisotopic (exact) mass is 279 g/mol. The van der Waals surface area contributed by atoms with E-state index in [1.807, 2.05) is 0 Å². The van der Waals surface area contributed by atoms with E-state index < -0.39 is 6.03 Å². The van der Waals surface area contributed by atoms with Crippen molar-refractivity contribution >= 4 is 34.8 Å². The fraction of sp³-hybridized carbons (Fsp3) is 0.167. The lowest BCUT2D eigenvalue weighted by molar-refractivity contribution is 0.262. The van der Waals surface area contributed by atoms with Crippen molar-refractivity contribution in [3.8, 4) is 0 Å². The molecule has 7 heteroatoms. The largest absolute Gasteiger partial charge is 0.394 e. The zero-order valence-corrected chi connectivity index (χ0v) is 11.3. The minimum Gasteiger partial charge on any atom is -0.394 e. The van der Waals surface area contributed by atoms with E-state index in [1.54, 1.807) is 38.2 Å². The van der Waals surface area contributed by atoms with Crippen LogP contribution in [0.3, 0.4) is 0 Å². The quantitative estimate of drug-likeness (QED) is 0.790. The van der Waals surface area contributed by atoms with Crippen LogP contribution in [0.4, 0.5) is 22.0 Å². The highest BCUT2D eigenvalue weighted by Gasteiger charge is 2.12. The molecule has 0 spiro atoms. The van der Waals surface area contributed by atoms with Crippen molar-refractivity contribution in [2.45, 2.75) is 6.92 Å². The molecular formula is C12H14ClN5O. The van der Waals surface area contributed by atoms with E-state index in [9.17, 15) is 4.79 Å². The van der Waals surface area contributed by atoms with E-state index in [2.05, 4.69) is 15.7 Å². The van der Waals surface area contributed by atoms with Crippen LogP contribution in [0.25, 0.3) is 0 Å². The van der Waals surface area contributed by atoms with Gasteiger partial charge in [-0.15, -0.1) is 0 Å². The van der Waals surface area contributed by atoms with Gasteiger partial charge in [0.05, 0.1) is 11.4 Å². The summed E-state index contributed by atoms with van der Waals surface area (Å²) in [4.78, 5) is 11.8. The average molecular weight is 280 g/mol. The van der Waals surface area contributed by atoms with E-state index in [0.717, 1.165) is 0 Å². The Hall–Kier alpha value is -2.21. The van der Waals surface area contributed by atoms with Crippen LogP contribution >= 0.6 is 11.6 Å². The number of nitrogens with zero attached hydrogens (tertiary/aromatic N) is 2. The van der Waals surface area contributed by atoms with E-state index >= 15 is 0 Å². The van der Waals surface area contributed by atoms with Crippen LogP contribution in [0.2, 0.25) is 5.02 Å². The van der Waals surface area contributed by atoms with Crippen LogP contribution in [0.5, 0.6) is 0 Å². The molecule has 4 N–H and O–H groups in total. The van der Waals surface area contributed by atoms with Gasteiger partial charge in [0.1, 0.15) is 0 Å². The maximum Gasteiger partial charge on any atom is 0.324 e. The van der Waals surface area contributed by atoms with Crippen LogP contribution in [0.15, 0.2) is 24.3 Å². The van der Waals surface area contributed by atoms with Crippen molar-refractivity contribution in [1.82, 2.24) is 9.78 Å². The van der Waals surface area contributed by atoms with Gasteiger partial charge in [-0.3, -0.25) is 10.00 Å². The first kappa shape index (κ1) is 13.2. The maximum atomic E-state index is 11.8. The minimum atomic E-state index is -0.392. The smallest absolute Gasteiger partial charge is 0.324 e. The number of benzene rings is 1. The Bertz CT molecular complexity index is 605. The Morgan fingerprint density at radius 3 is 2.47 bits per heavy atom. The number of nitrogens with one attached hydrogen (secondary N) is 2. The number of urea groups is 1. The molecule has 0 radical (unpaired) electrons.